The molecular formula is C13H21NO2. The van der Waals surface area contributed by atoms with E-state index in [2.05, 4.69) is 19.2 Å². The third kappa shape index (κ3) is 0.849. The summed E-state index contributed by atoms with van der Waals surface area (Å²) in [7, 11) is 1.48. The summed E-state index contributed by atoms with van der Waals surface area (Å²) in [5, 5.41) is 3.36. The summed E-state index contributed by atoms with van der Waals surface area (Å²) in [5.41, 5.74) is 1.32. The largest absolute Gasteiger partial charge is 0.468 e. The van der Waals surface area contributed by atoms with Gasteiger partial charge in [0, 0.05) is 6.54 Å². The summed E-state index contributed by atoms with van der Waals surface area (Å²) in [4.78, 5) is 11.6. The van der Waals surface area contributed by atoms with Gasteiger partial charge >= 0.3 is 5.97 Å². The second-order valence-corrected chi connectivity index (χ2v) is 6.30. The molecule has 0 bridgehead atoms. The third-order valence-corrected chi connectivity index (χ3v) is 6.14. The summed E-state index contributed by atoms with van der Waals surface area (Å²) >= 11 is 0. The monoisotopic (exact) mass is 223 g/mol. The lowest BCUT2D eigenvalue weighted by Crippen LogP contribution is -2.31. The Morgan fingerprint density at radius 2 is 2.00 bits per heavy atom. The molecule has 90 valence electrons. The Hall–Kier alpha value is -0.570. The standard InChI is InChI=1S/C13H21NO2/c1-11(2)12(5-4-6-12)13(11)7-9(14-8-13)10(15)16-3/h9,14H,4-8H2,1-3H3/t9-,13+/m0/s1. The minimum absolute atomic E-state index is 0.0655. The van der Waals surface area contributed by atoms with Gasteiger partial charge in [0.1, 0.15) is 6.04 Å². The first-order valence-corrected chi connectivity index (χ1v) is 6.32. The summed E-state index contributed by atoms with van der Waals surface area (Å²) in [6.07, 6.45) is 5.06. The SMILES string of the molecule is COC(=O)[C@@H]1C[C@@]2(CN1)C(C)(C)C21CCC1. The maximum Gasteiger partial charge on any atom is 0.322 e. The van der Waals surface area contributed by atoms with Crippen molar-refractivity contribution in [3.63, 3.8) is 0 Å². The predicted octanol–water partition coefficient (Wildman–Crippen LogP) is 1.72. The minimum Gasteiger partial charge on any atom is -0.468 e. The Morgan fingerprint density at radius 1 is 1.31 bits per heavy atom. The minimum atomic E-state index is -0.0888. The van der Waals surface area contributed by atoms with Crippen molar-refractivity contribution >= 4 is 5.97 Å². The zero-order chi connectivity index (χ0) is 11.6. The molecule has 1 N–H and O–H groups in total. The lowest BCUT2D eigenvalue weighted by atomic mass is 9.73. The number of nitrogens with one attached hydrogen (secondary N) is 1. The number of methoxy groups -OCH3 is 1. The van der Waals surface area contributed by atoms with E-state index in [0.29, 0.717) is 16.2 Å². The van der Waals surface area contributed by atoms with Crippen LogP contribution in [0.3, 0.4) is 0 Å². The van der Waals surface area contributed by atoms with Gasteiger partial charge in [0.25, 0.3) is 0 Å². The van der Waals surface area contributed by atoms with E-state index < -0.39 is 0 Å². The Morgan fingerprint density at radius 3 is 2.44 bits per heavy atom. The molecule has 0 aromatic rings. The van der Waals surface area contributed by atoms with Crippen molar-refractivity contribution < 1.29 is 9.53 Å². The molecule has 3 heteroatoms. The van der Waals surface area contributed by atoms with Crippen LogP contribution < -0.4 is 5.32 Å². The zero-order valence-corrected chi connectivity index (χ0v) is 10.4. The normalized spacial score (nSPS) is 42.1. The van der Waals surface area contributed by atoms with Gasteiger partial charge in [-0.1, -0.05) is 20.3 Å². The fourth-order valence-electron chi connectivity index (χ4n) is 4.83. The van der Waals surface area contributed by atoms with E-state index in [-0.39, 0.29) is 12.0 Å². The van der Waals surface area contributed by atoms with Gasteiger partial charge in [-0.25, -0.2) is 0 Å². The number of rotatable bonds is 1. The van der Waals surface area contributed by atoms with Crippen molar-refractivity contribution in [3.8, 4) is 0 Å². The molecule has 0 unspecified atom stereocenters. The molecule has 1 aliphatic heterocycles. The number of hydrogen-bond donors (Lipinski definition) is 1. The first-order chi connectivity index (χ1) is 7.51. The van der Waals surface area contributed by atoms with Crippen LogP contribution in [0.15, 0.2) is 0 Å². The average molecular weight is 223 g/mol. The first-order valence-electron chi connectivity index (χ1n) is 6.32. The highest BCUT2D eigenvalue weighted by Gasteiger charge is 2.83. The van der Waals surface area contributed by atoms with Crippen LogP contribution in [0.1, 0.15) is 39.5 Å². The molecule has 0 radical (unpaired) electrons. The number of fused-ring (bicyclic) bond motifs is 1. The van der Waals surface area contributed by atoms with Crippen molar-refractivity contribution in [1.29, 1.82) is 0 Å². The van der Waals surface area contributed by atoms with Crippen LogP contribution >= 0.6 is 0 Å². The fourth-order valence-corrected chi connectivity index (χ4v) is 4.83. The summed E-state index contributed by atoms with van der Waals surface area (Å²) < 4.78 is 4.84. The lowest BCUT2D eigenvalue weighted by molar-refractivity contribution is -0.142. The number of hydrogen-bond acceptors (Lipinski definition) is 3. The van der Waals surface area contributed by atoms with E-state index in [1.165, 1.54) is 26.4 Å². The van der Waals surface area contributed by atoms with Crippen molar-refractivity contribution in [2.75, 3.05) is 13.7 Å². The number of ether oxygens (including phenoxy) is 1. The van der Waals surface area contributed by atoms with Gasteiger partial charge in [-0.3, -0.25) is 4.79 Å². The molecular weight excluding hydrogens is 202 g/mol. The maximum absolute atomic E-state index is 11.6. The van der Waals surface area contributed by atoms with Crippen LogP contribution in [0.5, 0.6) is 0 Å². The van der Waals surface area contributed by atoms with Gasteiger partial charge in [-0.05, 0) is 35.5 Å². The summed E-state index contributed by atoms with van der Waals surface area (Å²) in [6, 6.07) is -0.0655. The van der Waals surface area contributed by atoms with Crippen molar-refractivity contribution in [2.45, 2.75) is 45.6 Å². The van der Waals surface area contributed by atoms with Gasteiger partial charge in [0.05, 0.1) is 7.11 Å². The molecule has 1 heterocycles. The Labute approximate surface area is 96.9 Å². The van der Waals surface area contributed by atoms with Crippen LogP contribution in [0, 0.1) is 16.2 Å². The van der Waals surface area contributed by atoms with Gasteiger partial charge in [0.15, 0.2) is 0 Å². The molecule has 3 rings (SSSR count). The topological polar surface area (TPSA) is 38.3 Å². The lowest BCUT2D eigenvalue weighted by Gasteiger charge is -2.31. The summed E-state index contributed by atoms with van der Waals surface area (Å²) in [5.74, 6) is -0.0888. The van der Waals surface area contributed by atoms with Crippen molar-refractivity contribution in [1.82, 2.24) is 5.32 Å². The molecule has 0 amide bonds. The predicted molar refractivity (Wildman–Crippen MR) is 60.9 cm³/mol. The van der Waals surface area contributed by atoms with E-state index in [1.54, 1.807) is 0 Å². The smallest absolute Gasteiger partial charge is 0.322 e. The van der Waals surface area contributed by atoms with Crippen LogP contribution in [0.25, 0.3) is 0 Å². The summed E-state index contributed by atoms with van der Waals surface area (Å²) in [6.45, 7) is 5.76. The maximum atomic E-state index is 11.6. The zero-order valence-electron chi connectivity index (χ0n) is 10.4. The molecule has 1 saturated heterocycles. The molecule has 2 aliphatic carbocycles. The van der Waals surface area contributed by atoms with Gasteiger partial charge in [0.2, 0.25) is 0 Å². The van der Waals surface area contributed by atoms with Crippen LogP contribution in [0.4, 0.5) is 0 Å². The highest BCUT2D eigenvalue weighted by Crippen LogP contribution is 2.87. The van der Waals surface area contributed by atoms with E-state index in [4.69, 9.17) is 4.74 Å². The average Bonchev–Trinajstić information content (AvgIpc) is 2.50. The van der Waals surface area contributed by atoms with Crippen LogP contribution in [-0.4, -0.2) is 25.7 Å². The third-order valence-electron chi connectivity index (χ3n) is 6.14. The van der Waals surface area contributed by atoms with Gasteiger partial charge < -0.3 is 10.1 Å². The quantitative estimate of drug-likeness (QED) is 0.688. The highest BCUT2D eigenvalue weighted by molar-refractivity contribution is 5.76. The molecule has 16 heavy (non-hydrogen) atoms. The molecule has 2 spiro atoms. The van der Waals surface area contributed by atoms with Crippen LogP contribution in [0.2, 0.25) is 0 Å². The van der Waals surface area contributed by atoms with Crippen molar-refractivity contribution in [3.05, 3.63) is 0 Å². The van der Waals surface area contributed by atoms with Gasteiger partial charge in [-0.2, -0.15) is 0 Å². The van der Waals surface area contributed by atoms with Gasteiger partial charge in [-0.15, -0.1) is 0 Å². The molecule has 3 nitrogen and oxygen atoms in total. The Kier molecular flexibility index (Phi) is 1.86. The van der Waals surface area contributed by atoms with Crippen LogP contribution in [-0.2, 0) is 9.53 Å². The number of carbonyl (C=O) groups is 1. The fraction of sp³-hybridized carbons (Fsp3) is 0.923. The molecule has 0 aromatic carbocycles. The molecule has 3 fully saturated rings. The molecule has 2 atom stereocenters. The second kappa shape index (κ2) is 2.81. The first kappa shape index (κ1) is 10.6. The van der Waals surface area contributed by atoms with E-state index in [0.717, 1.165) is 13.0 Å². The van der Waals surface area contributed by atoms with E-state index >= 15 is 0 Å². The van der Waals surface area contributed by atoms with E-state index in [9.17, 15) is 4.79 Å². The molecule has 2 saturated carbocycles. The van der Waals surface area contributed by atoms with Crippen molar-refractivity contribution in [2.24, 2.45) is 16.2 Å². The Balaban J connectivity index is 1.81. The highest BCUT2D eigenvalue weighted by atomic mass is 16.5. The second-order valence-electron chi connectivity index (χ2n) is 6.30. The van der Waals surface area contributed by atoms with E-state index in [1.807, 2.05) is 0 Å². The Bertz CT molecular complexity index is 346. The molecule has 3 aliphatic rings. The number of esters is 1. The molecule has 0 aromatic heterocycles. The number of carbonyl (C=O) groups excluding carboxylic acids is 1.